The number of allylic oxidation sites excluding steroid dienone is 2. The van der Waals surface area contributed by atoms with E-state index in [2.05, 4.69) is 31.9 Å². The summed E-state index contributed by atoms with van der Waals surface area (Å²) in [6.07, 6.45) is 2.34. The minimum atomic E-state index is -3.75. The van der Waals surface area contributed by atoms with E-state index in [1.807, 2.05) is 27.7 Å². The van der Waals surface area contributed by atoms with E-state index in [4.69, 9.17) is 18.1 Å². The summed E-state index contributed by atoms with van der Waals surface area (Å²) in [4.78, 5) is 0. The maximum absolute atomic E-state index is 13.9. The molecule has 0 aromatic rings. The molecule has 0 radical (unpaired) electrons. The van der Waals surface area contributed by atoms with Crippen LogP contribution >= 0.6 is 47.1 Å². The summed E-state index contributed by atoms with van der Waals surface area (Å²) in [6.45, 7) is 11.7. The monoisotopic (exact) mass is 562 g/mol. The first-order valence-electron chi connectivity index (χ1n) is 9.81. The quantitative estimate of drug-likeness (QED) is 0.266. The molecule has 0 amide bonds. The normalized spacial score (nSPS) is 31.9. The molecule has 0 bridgehead atoms. The molecule has 2 heterocycles. The van der Waals surface area contributed by atoms with Gasteiger partial charge in [0.2, 0.25) is 0 Å². The van der Waals surface area contributed by atoms with Gasteiger partial charge in [-0.15, -0.1) is 0 Å². The fourth-order valence-electron chi connectivity index (χ4n) is 3.67. The molecular weight excluding hydrogens is 534 g/mol. The molecule has 162 valence electrons. The second kappa shape index (κ2) is 9.08. The molecule has 0 aromatic heterocycles. The van der Waals surface area contributed by atoms with Crippen LogP contribution in [0.2, 0.25) is 0 Å². The van der Waals surface area contributed by atoms with Crippen molar-refractivity contribution in [2.75, 3.05) is 13.2 Å². The van der Waals surface area contributed by atoms with E-state index in [1.54, 1.807) is 13.8 Å². The van der Waals surface area contributed by atoms with E-state index in [0.29, 0.717) is 34.6 Å². The third-order valence-corrected chi connectivity index (χ3v) is 12.9. The predicted octanol–water partition coefficient (Wildman–Crippen LogP) is 7.84. The van der Waals surface area contributed by atoms with Crippen LogP contribution in [-0.4, -0.2) is 24.4 Å². The average Bonchev–Trinajstić information content (AvgIpc) is 3.01. The Kier molecular flexibility index (Phi) is 8.11. The standard InChI is InChI=1S/C18H30Br2O6P2/c1-7-17(8-2)15(19)13(27(21,25-17)23-11-5)14-16(20)18(9-3,10-4)26-28(14,22)24-12-6/h7-12H2,1-6H3. The zero-order chi connectivity index (χ0) is 21.4. The summed E-state index contributed by atoms with van der Waals surface area (Å²) in [5.41, 5.74) is -1.61. The third kappa shape index (κ3) is 3.75. The molecule has 6 nitrogen and oxygen atoms in total. The van der Waals surface area contributed by atoms with Gasteiger partial charge in [-0.3, -0.25) is 18.2 Å². The number of hydrogen-bond acceptors (Lipinski definition) is 6. The fraction of sp³-hybridized carbons (Fsp3) is 0.778. The van der Waals surface area contributed by atoms with Crippen LogP contribution in [-0.2, 0) is 27.2 Å². The van der Waals surface area contributed by atoms with Crippen molar-refractivity contribution in [1.82, 2.24) is 0 Å². The second-order valence-corrected chi connectivity index (χ2v) is 12.1. The lowest BCUT2D eigenvalue weighted by Gasteiger charge is -2.27. The lowest BCUT2D eigenvalue weighted by Crippen LogP contribution is -2.26. The third-order valence-electron chi connectivity index (χ3n) is 5.46. The Labute approximate surface area is 185 Å². The largest absolute Gasteiger partial charge is 0.364 e. The van der Waals surface area contributed by atoms with Crippen LogP contribution in [0.5, 0.6) is 0 Å². The molecule has 0 saturated heterocycles. The first-order valence-corrected chi connectivity index (χ1v) is 14.5. The van der Waals surface area contributed by atoms with Crippen molar-refractivity contribution < 1.29 is 27.2 Å². The van der Waals surface area contributed by atoms with E-state index in [1.165, 1.54) is 0 Å². The Hall–Kier alpha value is 0.740. The number of halogens is 2. The van der Waals surface area contributed by atoms with Crippen LogP contribution in [0.15, 0.2) is 19.6 Å². The number of rotatable bonds is 9. The average molecular weight is 564 g/mol. The van der Waals surface area contributed by atoms with Crippen LogP contribution in [0.1, 0.15) is 67.2 Å². The van der Waals surface area contributed by atoms with Crippen molar-refractivity contribution in [3.8, 4) is 0 Å². The Morgan fingerprint density at radius 1 is 0.714 bits per heavy atom. The molecule has 10 heteroatoms. The first kappa shape index (κ1) is 25.0. The van der Waals surface area contributed by atoms with Crippen molar-refractivity contribution in [2.45, 2.75) is 78.4 Å². The number of hydrogen-bond donors (Lipinski definition) is 0. The van der Waals surface area contributed by atoms with Gasteiger partial charge in [-0.05, 0) is 39.5 Å². The molecule has 2 unspecified atom stereocenters. The lowest BCUT2D eigenvalue weighted by atomic mass is 9.95. The smallest absolute Gasteiger partial charge is 0.305 e. The van der Waals surface area contributed by atoms with Crippen LogP contribution in [0.3, 0.4) is 0 Å². The molecule has 0 aromatic carbocycles. The fourth-order valence-corrected chi connectivity index (χ4v) is 12.4. The molecule has 0 fully saturated rings. The Balaban J connectivity index is 2.87. The summed E-state index contributed by atoms with van der Waals surface area (Å²) in [7, 11) is -7.49. The van der Waals surface area contributed by atoms with Crippen LogP contribution < -0.4 is 0 Å². The van der Waals surface area contributed by atoms with E-state index in [0.717, 1.165) is 0 Å². The van der Waals surface area contributed by atoms with Crippen molar-refractivity contribution in [2.24, 2.45) is 0 Å². The van der Waals surface area contributed by atoms with E-state index < -0.39 is 26.4 Å². The van der Waals surface area contributed by atoms with Gasteiger partial charge in [-0.2, -0.15) is 0 Å². The Morgan fingerprint density at radius 3 is 1.21 bits per heavy atom. The first-order chi connectivity index (χ1) is 13.1. The Bertz CT molecular complexity index is 704. The van der Waals surface area contributed by atoms with E-state index in [-0.39, 0.29) is 23.8 Å². The molecule has 0 spiro atoms. The summed E-state index contributed by atoms with van der Waals surface area (Å²) < 4.78 is 52.5. The molecule has 0 saturated carbocycles. The SMILES string of the molecule is CCOP1(=O)OC(CC)(CC)C(Br)=C1C1=C(Br)C(CC)(CC)OP1(=O)OCC. The topological polar surface area (TPSA) is 71.1 Å². The van der Waals surface area contributed by atoms with Gasteiger partial charge < -0.3 is 9.05 Å². The summed E-state index contributed by atoms with van der Waals surface area (Å²) in [5, 5.41) is 0.566. The zero-order valence-electron chi connectivity index (χ0n) is 17.3. The molecule has 0 aliphatic carbocycles. The summed E-state index contributed by atoms with van der Waals surface area (Å²) in [6, 6.07) is 0. The van der Waals surface area contributed by atoms with Gasteiger partial charge in [0.15, 0.2) is 0 Å². The molecule has 0 N–H and O–H groups in total. The van der Waals surface area contributed by atoms with Gasteiger partial charge in [0, 0.05) is 8.96 Å². The van der Waals surface area contributed by atoms with Gasteiger partial charge in [-0.25, -0.2) is 0 Å². The minimum Gasteiger partial charge on any atom is -0.305 e. The minimum absolute atomic E-state index is 0.196. The van der Waals surface area contributed by atoms with Gasteiger partial charge in [0.25, 0.3) is 0 Å². The maximum atomic E-state index is 13.9. The molecule has 2 rings (SSSR count). The van der Waals surface area contributed by atoms with Gasteiger partial charge >= 0.3 is 15.2 Å². The molecular formula is C18H30Br2O6P2. The van der Waals surface area contributed by atoms with Crippen molar-refractivity contribution in [3.63, 3.8) is 0 Å². The highest BCUT2D eigenvalue weighted by molar-refractivity contribution is 9.12. The molecule has 2 aliphatic rings. The highest BCUT2D eigenvalue weighted by Crippen LogP contribution is 2.80. The lowest BCUT2D eigenvalue weighted by molar-refractivity contribution is 0.0930. The Morgan fingerprint density at radius 2 is 1.00 bits per heavy atom. The highest BCUT2D eigenvalue weighted by Gasteiger charge is 2.61. The second-order valence-electron chi connectivity index (χ2n) is 6.74. The highest BCUT2D eigenvalue weighted by atomic mass is 79.9. The van der Waals surface area contributed by atoms with Gasteiger partial charge in [0.1, 0.15) is 11.2 Å². The van der Waals surface area contributed by atoms with Crippen molar-refractivity contribution in [3.05, 3.63) is 19.6 Å². The van der Waals surface area contributed by atoms with Crippen LogP contribution in [0.4, 0.5) is 0 Å². The van der Waals surface area contributed by atoms with E-state index in [9.17, 15) is 9.13 Å². The van der Waals surface area contributed by atoms with Gasteiger partial charge in [0.05, 0.1) is 23.8 Å². The van der Waals surface area contributed by atoms with E-state index >= 15 is 0 Å². The predicted molar refractivity (Wildman–Crippen MR) is 119 cm³/mol. The zero-order valence-corrected chi connectivity index (χ0v) is 22.3. The molecule has 2 aliphatic heterocycles. The summed E-state index contributed by atoms with van der Waals surface area (Å²) >= 11 is 7.26. The molecule has 2 atom stereocenters. The van der Waals surface area contributed by atoms with Crippen LogP contribution in [0, 0.1) is 0 Å². The van der Waals surface area contributed by atoms with Crippen LogP contribution in [0.25, 0.3) is 0 Å². The summed E-state index contributed by atoms with van der Waals surface area (Å²) in [5.74, 6) is 0. The maximum Gasteiger partial charge on any atom is 0.364 e. The van der Waals surface area contributed by atoms with Crippen molar-refractivity contribution in [1.29, 1.82) is 0 Å². The van der Waals surface area contributed by atoms with Crippen molar-refractivity contribution >= 4 is 47.1 Å². The molecule has 28 heavy (non-hydrogen) atoms. The van der Waals surface area contributed by atoms with Gasteiger partial charge in [-0.1, -0.05) is 59.6 Å².